The molecule has 96 valence electrons. The van der Waals surface area contributed by atoms with E-state index in [2.05, 4.69) is 20.7 Å². The van der Waals surface area contributed by atoms with Crippen LogP contribution in [0, 0.1) is 11.6 Å². The molecule has 0 fully saturated rings. The fourth-order valence-corrected chi connectivity index (χ4v) is 3.55. The molecule has 0 aliphatic heterocycles. The Morgan fingerprint density at radius 1 is 1.47 bits per heavy atom. The van der Waals surface area contributed by atoms with Crippen LogP contribution < -0.4 is 4.72 Å². The van der Waals surface area contributed by atoms with Crippen LogP contribution in [-0.2, 0) is 10.0 Å². The van der Waals surface area contributed by atoms with Gasteiger partial charge in [0, 0.05) is 16.6 Å². The minimum atomic E-state index is -4.15. The molecule has 0 spiro atoms. The molecule has 0 aromatic heterocycles. The lowest BCUT2D eigenvalue weighted by molar-refractivity contribution is 0.265. The van der Waals surface area contributed by atoms with Crippen molar-refractivity contribution in [1.29, 1.82) is 0 Å². The summed E-state index contributed by atoms with van der Waals surface area (Å²) in [5, 5.41) is 8.74. The maximum atomic E-state index is 13.4. The van der Waals surface area contributed by atoms with Gasteiger partial charge >= 0.3 is 0 Å². The fraction of sp³-hybridized carbons (Fsp3) is 0.333. The highest BCUT2D eigenvalue weighted by atomic mass is 79.9. The molecule has 0 amide bonds. The highest BCUT2D eigenvalue weighted by Gasteiger charge is 2.24. The lowest BCUT2D eigenvalue weighted by Crippen LogP contribution is -2.35. The van der Waals surface area contributed by atoms with Crippen molar-refractivity contribution < 1.29 is 22.3 Å². The van der Waals surface area contributed by atoms with Gasteiger partial charge in [-0.2, -0.15) is 0 Å². The molecule has 0 aliphatic carbocycles. The van der Waals surface area contributed by atoms with Crippen molar-refractivity contribution in [1.82, 2.24) is 4.72 Å². The van der Waals surface area contributed by atoms with Crippen LogP contribution >= 0.6 is 15.9 Å². The van der Waals surface area contributed by atoms with E-state index in [-0.39, 0.29) is 4.47 Å². The number of nitrogens with one attached hydrogen (secondary N) is 1. The molecule has 0 bridgehead atoms. The van der Waals surface area contributed by atoms with Crippen molar-refractivity contribution in [2.75, 3.05) is 6.61 Å². The van der Waals surface area contributed by atoms with Crippen LogP contribution in [0.25, 0.3) is 0 Å². The predicted octanol–water partition coefficient (Wildman–Crippen LogP) is 1.39. The van der Waals surface area contributed by atoms with Crippen LogP contribution in [0.4, 0.5) is 8.78 Å². The SMILES string of the molecule is CC(CO)NS(=O)(=O)c1c(F)cc(F)cc1Br. The molecular weight excluding hydrogens is 320 g/mol. The van der Waals surface area contributed by atoms with Crippen LogP contribution in [0.5, 0.6) is 0 Å². The second-order valence-electron chi connectivity index (χ2n) is 3.40. The maximum Gasteiger partial charge on any atom is 0.244 e. The standard InChI is InChI=1S/C9H10BrF2NO3S/c1-5(4-14)13-17(15,16)9-7(10)2-6(11)3-8(9)12/h2-3,5,13-14H,4H2,1H3. The Bertz CT molecular complexity index is 498. The summed E-state index contributed by atoms with van der Waals surface area (Å²) in [6.07, 6.45) is 0. The Morgan fingerprint density at radius 2 is 2.06 bits per heavy atom. The zero-order valence-electron chi connectivity index (χ0n) is 8.75. The lowest BCUT2D eigenvalue weighted by Gasteiger charge is -2.13. The van der Waals surface area contributed by atoms with E-state index in [9.17, 15) is 17.2 Å². The number of hydrogen-bond acceptors (Lipinski definition) is 3. The zero-order valence-corrected chi connectivity index (χ0v) is 11.1. The first-order chi connectivity index (χ1) is 7.77. The van der Waals surface area contributed by atoms with Gasteiger partial charge in [-0.1, -0.05) is 0 Å². The molecule has 2 N–H and O–H groups in total. The maximum absolute atomic E-state index is 13.4. The molecule has 4 nitrogen and oxygen atoms in total. The second kappa shape index (κ2) is 5.38. The molecule has 1 atom stereocenters. The molecule has 0 radical (unpaired) electrons. The van der Waals surface area contributed by atoms with Gasteiger partial charge in [-0.25, -0.2) is 21.9 Å². The summed E-state index contributed by atoms with van der Waals surface area (Å²) in [5.74, 6) is -2.09. The number of benzene rings is 1. The van der Waals surface area contributed by atoms with Gasteiger partial charge in [-0.3, -0.25) is 0 Å². The van der Waals surface area contributed by atoms with Crippen LogP contribution in [-0.4, -0.2) is 26.2 Å². The molecule has 1 rings (SSSR count). The summed E-state index contributed by atoms with van der Waals surface area (Å²) in [6.45, 7) is 0.979. The second-order valence-corrected chi connectivity index (χ2v) is 5.91. The minimum absolute atomic E-state index is 0.215. The molecule has 8 heteroatoms. The van der Waals surface area contributed by atoms with E-state index < -0.39 is 39.2 Å². The van der Waals surface area contributed by atoms with Gasteiger partial charge < -0.3 is 5.11 Å². The van der Waals surface area contributed by atoms with E-state index in [1.54, 1.807) is 0 Å². The highest BCUT2D eigenvalue weighted by molar-refractivity contribution is 9.10. The molecular formula is C9H10BrF2NO3S. The molecule has 1 aromatic rings. The van der Waals surface area contributed by atoms with E-state index in [1.165, 1.54) is 6.92 Å². The van der Waals surface area contributed by atoms with Gasteiger partial charge in [0.15, 0.2) is 0 Å². The van der Waals surface area contributed by atoms with Crippen molar-refractivity contribution in [3.05, 3.63) is 28.2 Å². The van der Waals surface area contributed by atoms with Gasteiger partial charge in [-0.05, 0) is 28.9 Å². The zero-order chi connectivity index (χ0) is 13.2. The average Bonchev–Trinajstić information content (AvgIpc) is 2.14. The first-order valence-corrected chi connectivity index (χ1v) is 6.83. The summed E-state index contributed by atoms with van der Waals surface area (Å²) in [7, 11) is -4.15. The predicted molar refractivity (Wildman–Crippen MR) is 60.9 cm³/mol. The van der Waals surface area contributed by atoms with Gasteiger partial charge in [-0.15, -0.1) is 0 Å². The third kappa shape index (κ3) is 3.44. The number of aliphatic hydroxyl groups excluding tert-OH is 1. The number of halogens is 3. The highest BCUT2D eigenvalue weighted by Crippen LogP contribution is 2.26. The number of aliphatic hydroxyl groups is 1. The monoisotopic (exact) mass is 329 g/mol. The first kappa shape index (κ1) is 14.5. The Morgan fingerprint density at radius 3 is 2.53 bits per heavy atom. The van der Waals surface area contributed by atoms with Crippen molar-refractivity contribution in [3.63, 3.8) is 0 Å². The van der Waals surface area contributed by atoms with E-state index in [4.69, 9.17) is 5.11 Å². The van der Waals surface area contributed by atoms with Crippen molar-refractivity contribution >= 4 is 26.0 Å². The molecule has 1 aromatic carbocycles. The van der Waals surface area contributed by atoms with Crippen molar-refractivity contribution in [2.45, 2.75) is 17.9 Å². The van der Waals surface area contributed by atoms with Gasteiger partial charge in [0.25, 0.3) is 0 Å². The molecule has 1 unspecified atom stereocenters. The number of rotatable bonds is 4. The lowest BCUT2D eigenvalue weighted by atomic mass is 10.3. The summed E-state index contributed by atoms with van der Waals surface area (Å²) in [4.78, 5) is -0.681. The van der Waals surface area contributed by atoms with E-state index in [0.717, 1.165) is 6.07 Å². The number of hydrogen-bond donors (Lipinski definition) is 2. The fourth-order valence-electron chi connectivity index (χ4n) is 1.15. The molecule has 0 aliphatic rings. The molecule has 0 saturated heterocycles. The van der Waals surface area contributed by atoms with Gasteiger partial charge in [0.2, 0.25) is 10.0 Å². The summed E-state index contributed by atoms with van der Waals surface area (Å²) < 4.78 is 51.5. The van der Waals surface area contributed by atoms with Crippen LogP contribution in [0.2, 0.25) is 0 Å². The van der Waals surface area contributed by atoms with E-state index in [0.29, 0.717) is 6.07 Å². The first-order valence-electron chi connectivity index (χ1n) is 4.55. The Balaban J connectivity index is 3.25. The topological polar surface area (TPSA) is 66.4 Å². The third-order valence-corrected chi connectivity index (χ3v) is 4.41. The van der Waals surface area contributed by atoms with Gasteiger partial charge in [0.05, 0.1) is 6.61 Å². The van der Waals surface area contributed by atoms with Gasteiger partial charge in [0.1, 0.15) is 16.5 Å². The molecule has 17 heavy (non-hydrogen) atoms. The van der Waals surface area contributed by atoms with Crippen LogP contribution in [0.3, 0.4) is 0 Å². The third-order valence-electron chi connectivity index (χ3n) is 1.86. The normalized spacial score (nSPS) is 13.7. The molecule has 0 saturated carbocycles. The quantitative estimate of drug-likeness (QED) is 0.877. The average molecular weight is 330 g/mol. The summed E-state index contributed by atoms with van der Waals surface area (Å²) in [6, 6.07) is 0.556. The molecule has 0 heterocycles. The van der Waals surface area contributed by atoms with E-state index >= 15 is 0 Å². The Hall–Kier alpha value is -0.570. The largest absolute Gasteiger partial charge is 0.395 e. The van der Waals surface area contributed by atoms with Crippen molar-refractivity contribution in [2.24, 2.45) is 0 Å². The summed E-state index contributed by atoms with van der Waals surface area (Å²) >= 11 is 2.78. The smallest absolute Gasteiger partial charge is 0.244 e. The Kier molecular flexibility index (Phi) is 4.59. The van der Waals surface area contributed by atoms with Crippen molar-refractivity contribution in [3.8, 4) is 0 Å². The minimum Gasteiger partial charge on any atom is -0.395 e. The summed E-state index contributed by atoms with van der Waals surface area (Å²) in [5.41, 5.74) is 0. The van der Waals surface area contributed by atoms with Crippen LogP contribution in [0.1, 0.15) is 6.92 Å². The Labute approximate surface area is 106 Å². The number of sulfonamides is 1. The van der Waals surface area contributed by atoms with E-state index in [1.807, 2.05) is 0 Å². The van der Waals surface area contributed by atoms with Crippen LogP contribution in [0.15, 0.2) is 21.5 Å².